The molecule has 180 valence electrons. The number of methoxy groups -OCH3 is 1. The van der Waals surface area contributed by atoms with E-state index < -0.39 is 19.1 Å². The summed E-state index contributed by atoms with van der Waals surface area (Å²) in [6.45, 7) is 1.35. The maximum absolute atomic E-state index is 13.1. The van der Waals surface area contributed by atoms with E-state index in [0.29, 0.717) is 30.7 Å². The van der Waals surface area contributed by atoms with Crippen molar-refractivity contribution in [2.75, 3.05) is 31.3 Å². The summed E-state index contributed by atoms with van der Waals surface area (Å²) < 4.78 is 17.4. The third-order valence-corrected chi connectivity index (χ3v) is 6.96. The van der Waals surface area contributed by atoms with Gasteiger partial charge in [-0.25, -0.2) is 0 Å². The Balaban J connectivity index is 1.55. The second-order valence-corrected chi connectivity index (χ2v) is 10.3. The van der Waals surface area contributed by atoms with Gasteiger partial charge in [0.05, 0.1) is 25.9 Å². The molecular weight excluding hydrogens is 459 g/mol. The number of carbonyl (C=O) groups excluding carboxylic acids is 1. The minimum Gasteiger partial charge on any atom is -0.480 e. The van der Waals surface area contributed by atoms with Crippen molar-refractivity contribution in [3.8, 4) is 5.88 Å². The third-order valence-electron chi connectivity index (χ3n) is 6.12. The molecule has 1 aliphatic rings. The topological polar surface area (TPSA) is 135 Å². The Labute approximate surface area is 196 Å². The van der Waals surface area contributed by atoms with Crippen LogP contribution >= 0.6 is 7.60 Å². The molecule has 1 aromatic carbocycles. The number of benzene rings is 1. The highest BCUT2D eigenvalue weighted by atomic mass is 31.2. The van der Waals surface area contributed by atoms with Gasteiger partial charge in [0.1, 0.15) is 11.2 Å². The summed E-state index contributed by atoms with van der Waals surface area (Å²) in [5.41, 5.74) is 0.205. The van der Waals surface area contributed by atoms with Gasteiger partial charge < -0.3 is 19.4 Å². The van der Waals surface area contributed by atoms with Crippen molar-refractivity contribution >= 4 is 30.1 Å². The highest BCUT2D eigenvalue weighted by Gasteiger charge is 2.25. The standard InChI is InChI=1S/C23H27N4O6P/c1-33-22-21-18(15-24-27(23(21)29)20(28)13-17-5-3-2-4-6-17)14-19(25-22)26-10-7-16(8-11-26)9-12-34(30,31)32/h2-6,14-16H,7-13H2,1H3,(H2,30,31,32). The van der Waals surface area contributed by atoms with Gasteiger partial charge in [0.2, 0.25) is 5.88 Å². The van der Waals surface area contributed by atoms with Crippen molar-refractivity contribution in [2.24, 2.45) is 5.92 Å². The van der Waals surface area contributed by atoms with E-state index in [2.05, 4.69) is 15.0 Å². The first-order chi connectivity index (χ1) is 16.2. The fraction of sp³-hybridized carbons (Fsp3) is 0.391. The van der Waals surface area contributed by atoms with Crippen LogP contribution in [0, 0.1) is 5.92 Å². The predicted molar refractivity (Wildman–Crippen MR) is 128 cm³/mol. The van der Waals surface area contributed by atoms with Gasteiger partial charge in [-0.15, -0.1) is 0 Å². The molecule has 4 rings (SSSR count). The van der Waals surface area contributed by atoms with Crippen LogP contribution in [-0.4, -0.2) is 56.8 Å². The minimum absolute atomic E-state index is 0.0457. The quantitative estimate of drug-likeness (QED) is 0.483. The van der Waals surface area contributed by atoms with Crippen molar-refractivity contribution in [2.45, 2.75) is 25.7 Å². The lowest BCUT2D eigenvalue weighted by atomic mass is 9.94. The zero-order valence-electron chi connectivity index (χ0n) is 18.8. The molecule has 0 atom stereocenters. The predicted octanol–water partition coefficient (Wildman–Crippen LogP) is 2.47. The lowest BCUT2D eigenvalue weighted by Crippen LogP contribution is -2.35. The molecule has 0 amide bonds. The fourth-order valence-electron chi connectivity index (χ4n) is 4.26. The van der Waals surface area contributed by atoms with Crippen LogP contribution in [0.4, 0.5) is 5.82 Å². The molecule has 1 saturated heterocycles. The number of hydrogen-bond acceptors (Lipinski definition) is 7. The van der Waals surface area contributed by atoms with E-state index in [1.54, 1.807) is 6.07 Å². The van der Waals surface area contributed by atoms with E-state index in [1.807, 2.05) is 30.3 Å². The normalized spacial score (nSPS) is 15.0. The molecule has 0 saturated carbocycles. The number of pyridine rings is 1. The van der Waals surface area contributed by atoms with Crippen molar-refractivity contribution < 1.29 is 23.9 Å². The van der Waals surface area contributed by atoms with Crippen LogP contribution in [0.2, 0.25) is 0 Å². The number of piperidine rings is 1. The fourth-order valence-corrected chi connectivity index (χ4v) is 4.96. The Morgan fingerprint density at radius 1 is 1.21 bits per heavy atom. The summed E-state index contributed by atoms with van der Waals surface area (Å²) in [5, 5.41) is 4.82. The van der Waals surface area contributed by atoms with Gasteiger partial charge in [0.15, 0.2) is 0 Å². The van der Waals surface area contributed by atoms with Crippen molar-refractivity contribution in [3.63, 3.8) is 0 Å². The van der Waals surface area contributed by atoms with Crippen LogP contribution in [0.25, 0.3) is 10.8 Å². The molecule has 0 radical (unpaired) electrons. The second kappa shape index (κ2) is 10.0. The summed E-state index contributed by atoms with van der Waals surface area (Å²) in [6, 6.07) is 10.9. The van der Waals surface area contributed by atoms with Crippen molar-refractivity contribution in [1.82, 2.24) is 14.8 Å². The van der Waals surface area contributed by atoms with E-state index in [9.17, 15) is 14.2 Å². The molecule has 0 bridgehead atoms. The van der Waals surface area contributed by atoms with Crippen LogP contribution in [0.1, 0.15) is 29.6 Å². The third kappa shape index (κ3) is 5.52. The zero-order valence-corrected chi connectivity index (χ0v) is 19.7. The molecule has 2 aromatic heterocycles. The van der Waals surface area contributed by atoms with Gasteiger partial charge in [0, 0.05) is 18.5 Å². The van der Waals surface area contributed by atoms with Gasteiger partial charge in [-0.3, -0.25) is 14.2 Å². The number of fused-ring (bicyclic) bond motifs is 1. The Bertz CT molecular complexity index is 1280. The number of hydrogen-bond donors (Lipinski definition) is 2. The van der Waals surface area contributed by atoms with Gasteiger partial charge >= 0.3 is 7.60 Å². The smallest absolute Gasteiger partial charge is 0.325 e. The average Bonchev–Trinajstić information content (AvgIpc) is 2.82. The molecular formula is C23H27N4O6P. The van der Waals surface area contributed by atoms with Crippen LogP contribution < -0.4 is 15.2 Å². The van der Waals surface area contributed by atoms with E-state index >= 15 is 0 Å². The largest absolute Gasteiger partial charge is 0.480 e. The van der Waals surface area contributed by atoms with Gasteiger partial charge in [-0.05, 0) is 36.8 Å². The first kappa shape index (κ1) is 24.1. The molecule has 0 aliphatic carbocycles. The summed E-state index contributed by atoms with van der Waals surface area (Å²) in [7, 11) is -2.56. The number of ether oxygens (including phenoxy) is 1. The number of carbonyl (C=O) groups is 1. The van der Waals surface area contributed by atoms with E-state index in [4.69, 9.17) is 14.5 Å². The Kier molecular flexibility index (Phi) is 7.11. The monoisotopic (exact) mass is 486 g/mol. The minimum atomic E-state index is -3.98. The summed E-state index contributed by atoms with van der Waals surface area (Å²) in [5.74, 6) is 0.564. The van der Waals surface area contributed by atoms with Crippen LogP contribution in [0.5, 0.6) is 5.88 Å². The maximum atomic E-state index is 13.1. The molecule has 1 fully saturated rings. The highest BCUT2D eigenvalue weighted by molar-refractivity contribution is 7.51. The molecule has 3 aromatic rings. The second-order valence-electron chi connectivity index (χ2n) is 8.48. The Morgan fingerprint density at radius 3 is 2.56 bits per heavy atom. The summed E-state index contributed by atoms with van der Waals surface area (Å²) in [4.78, 5) is 50.6. The number of nitrogens with zero attached hydrogens (tertiary/aromatic N) is 4. The summed E-state index contributed by atoms with van der Waals surface area (Å²) in [6.07, 6.45) is 3.49. The number of rotatable bonds is 7. The van der Waals surface area contributed by atoms with Crippen LogP contribution in [0.15, 0.2) is 47.4 Å². The average molecular weight is 486 g/mol. The lowest BCUT2D eigenvalue weighted by molar-refractivity contribution is 0.0892. The van der Waals surface area contributed by atoms with E-state index in [1.165, 1.54) is 13.3 Å². The van der Waals surface area contributed by atoms with Gasteiger partial charge in [0.25, 0.3) is 11.5 Å². The van der Waals surface area contributed by atoms with E-state index in [-0.39, 0.29) is 29.8 Å². The Morgan fingerprint density at radius 2 is 1.91 bits per heavy atom. The van der Waals surface area contributed by atoms with Crippen molar-refractivity contribution in [1.29, 1.82) is 0 Å². The van der Waals surface area contributed by atoms with Crippen LogP contribution in [0.3, 0.4) is 0 Å². The molecule has 3 heterocycles. The first-order valence-electron chi connectivity index (χ1n) is 11.1. The van der Waals surface area contributed by atoms with Gasteiger partial charge in [-0.1, -0.05) is 30.3 Å². The van der Waals surface area contributed by atoms with Crippen LogP contribution in [-0.2, 0) is 11.0 Å². The molecule has 2 N–H and O–H groups in total. The van der Waals surface area contributed by atoms with Crippen molar-refractivity contribution in [3.05, 3.63) is 58.5 Å². The molecule has 0 spiro atoms. The highest BCUT2D eigenvalue weighted by Crippen LogP contribution is 2.38. The Hall–Kier alpha value is -3.07. The lowest BCUT2D eigenvalue weighted by Gasteiger charge is -2.33. The number of anilines is 1. The zero-order chi connectivity index (χ0) is 24.3. The summed E-state index contributed by atoms with van der Waals surface area (Å²) >= 11 is 0. The maximum Gasteiger partial charge on any atom is 0.325 e. The SMILES string of the molecule is COc1nc(N2CCC(CCP(=O)(O)O)CC2)cc2cnn(C(=O)Cc3ccccc3)c(=O)c12. The molecule has 11 heteroatoms. The first-order valence-corrected chi connectivity index (χ1v) is 12.9. The molecule has 1 aliphatic heterocycles. The van der Waals surface area contributed by atoms with Gasteiger partial charge in [-0.2, -0.15) is 14.8 Å². The number of aromatic nitrogens is 3. The molecule has 10 nitrogen and oxygen atoms in total. The van der Waals surface area contributed by atoms with E-state index in [0.717, 1.165) is 23.1 Å². The molecule has 0 unspecified atom stereocenters. The molecule has 34 heavy (non-hydrogen) atoms.